The summed E-state index contributed by atoms with van der Waals surface area (Å²) in [5.74, 6) is 0.482. The summed E-state index contributed by atoms with van der Waals surface area (Å²) >= 11 is 0. The van der Waals surface area contributed by atoms with E-state index in [1.54, 1.807) is 4.31 Å². The van der Waals surface area contributed by atoms with Gasteiger partial charge in [0.1, 0.15) is 0 Å². The van der Waals surface area contributed by atoms with E-state index in [0.717, 1.165) is 12.8 Å². The van der Waals surface area contributed by atoms with Gasteiger partial charge >= 0.3 is 0 Å². The van der Waals surface area contributed by atoms with Crippen molar-refractivity contribution in [2.45, 2.75) is 25.8 Å². The van der Waals surface area contributed by atoms with E-state index >= 15 is 0 Å². The number of rotatable bonds is 2. The second-order valence-corrected chi connectivity index (χ2v) is 6.59. The Morgan fingerprint density at radius 3 is 2.12 bits per heavy atom. The molecule has 2 aliphatic heterocycles. The molecule has 7 heteroatoms. The first-order valence-electron chi connectivity index (χ1n) is 5.51. The van der Waals surface area contributed by atoms with Crippen LogP contribution < -0.4 is 5.73 Å². The van der Waals surface area contributed by atoms with Crippen molar-refractivity contribution in [3.63, 3.8) is 0 Å². The van der Waals surface area contributed by atoms with Crippen LogP contribution in [0.15, 0.2) is 0 Å². The number of hydrogen-bond acceptors (Lipinski definition) is 3. The molecule has 0 aromatic heterocycles. The van der Waals surface area contributed by atoms with Crippen molar-refractivity contribution in [3.8, 4) is 0 Å². The summed E-state index contributed by atoms with van der Waals surface area (Å²) in [6, 6.07) is 0.0137. The van der Waals surface area contributed by atoms with E-state index in [0.29, 0.717) is 32.1 Å². The fraction of sp³-hybridized carbons (Fsp3) is 1.00. The molecule has 2 rings (SSSR count). The molecule has 2 heterocycles. The standard InChI is InChI=1S/C9H19N3O2S.ClH/c1-8-2-4-11(6-8)15(13,14)12-5-3-9(10)7-12;/h8-9H,2-7,10H2,1H3;1H/t8?,9-;/m0./s1. The molecule has 5 nitrogen and oxygen atoms in total. The fourth-order valence-corrected chi connectivity index (χ4v) is 4.05. The van der Waals surface area contributed by atoms with Crippen molar-refractivity contribution in [1.29, 1.82) is 0 Å². The van der Waals surface area contributed by atoms with Crippen LogP contribution >= 0.6 is 12.4 Å². The van der Waals surface area contributed by atoms with Gasteiger partial charge in [0.15, 0.2) is 0 Å². The minimum atomic E-state index is -3.22. The highest BCUT2D eigenvalue weighted by Gasteiger charge is 2.37. The monoisotopic (exact) mass is 269 g/mol. The van der Waals surface area contributed by atoms with E-state index in [9.17, 15) is 8.42 Å². The summed E-state index contributed by atoms with van der Waals surface area (Å²) < 4.78 is 27.4. The summed E-state index contributed by atoms with van der Waals surface area (Å²) in [7, 11) is -3.22. The zero-order valence-corrected chi connectivity index (χ0v) is 11.1. The average Bonchev–Trinajstić information content (AvgIpc) is 2.74. The first-order valence-corrected chi connectivity index (χ1v) is 6.90. The smallest absolute Gasteiger partial charge is 0.282 e. The highest BCUT2D eigenvalue weighted by atomic mass is 35.5. The van der Waals surface area contributed by atoms with Crippen molar-refractivity contribution >= 4 is 22.6 Å². The van der Waals surface area contributed by atoms with Crippen molar-refractivity contribution in [2.75, 3.05) is 26.2 Å². The molecule has 0 aromatic carbocycles. The lowest BCUT2D eigenvalue weighted by Gasteiger charge is -2.23. The quantitative estimate of drug-likeness (QED) is 0.769. The van der Waals surface area contributed by atoms with Crippen LogP contribution in [-0.2, 0) is 10.2 Å². The van der Waals surface area contributed by atoms with Crippen LogP contribution in [0.2, 0.25) is 0 Å². The number of nitrogens with two attached hydrogens (primary N) is 1. The molecule has 0 bridgehead atoms. The van der Waals surface area contributed by atoms with Gasteiger partial charge in [-0.15, -0.1) is 12.4 Å². The van der Waals surface area contributed by atoms with Gasteiger partial charge in [0.05, 0.1) is 0 Å². The molecule has 1 unspecified atom stereocenters. The predicted octanol–water partition coefficient (Wildman–Crippen LogP) is 0.0278. The van der Waals surface area contributed by atoms with Crippen LogP contribution in [0.25, 0.3) is 0 Å². The number of hydrogen-bond donors (Lipinski definition) is 1. The third-order valence-corrected chi connectivity index (χ3v) is 5.20. The van der Waals surface area contributed by atoms with Crippen molar-refractivity contribution in [2.24, 2.45) is 11.7 Å². The Bertz CT molecular complexity index is 310. The molecule has 0 amide bonds. The summed E-state index contributed by atoms with van der Waals surface area (Å²) in [6.07, 6.45) is 1.75. The molecule has 0 saturated carbocycles. The molecule has 16 heavy (non-hydrogen) atoms. The van der Waals surface area contributed by atoms with E-state index in [4.69, 9.17) is 5.73 Å². The number of halogens is 1. The highest BCUT2D eigenvalue weighted by Crippen LogP contribution is 2.23. The second kappa shape index (κ2) is 5.18. The molecular formula is C9H20ClN3O2S. The molecule has 2 N–H and O–H groups in total. The van der Waals surface area contributed by atoms with E-state index in [2.05, 4.69) is 6.92 Å². The first-order chi connectivity index (χ1) is 7.00. The SMILES string of the molecule is CC1CCN(S(=O)(=O)N2CC[C@H](N)C2)C1.Cl. The molecule has 0 radical (unpaired) electrons. The molecule has 2 saturated heterocycles. The maximum atomic E-state index is 12.1. The van der Waals surface area contributed by atoms with E-state index in [-0.39, 0.29) is 18.4 Å². The van der Waals surface area contributed by atoms with Crippen LogP contribution in [-0.4, -0.2) is 49.2 Å². The largest absolute Gasteiger partial charge is 0.326 e. The zero-order chi connectivity index (χ0) is 11.1. The Labute approximate surface area is 104 Å². The summed E-state index contributed by atoms with van der Waals surface area (Å²) in [4.78, 5) is 0. The number of nitrogens with zero attached hydrogens (tertiary/aromatic N) is 2. The van der Waals surface area contributed by atoms with Crippen molar-refractivity contribution < 1.29 is 8.42 Å². The lowest BCUT2D eigenvalue weighted by Crippen LogP contribution is -2.42. The van der Waals surface area contributed by atoms with Gasteiger partial charge in [-0.2, -0.15) is 17.0 Å². The predicted molar refractivity (Wildman–Crippen MR) is 65.7 cm³/mol. The molecule has 2 aliphatic rings. The average molecular weight is 270 g/mol. The third kappa shape index (κ3) is 2.68. The van der Waals surface area contributed by atoms with E-state index < -0.39 is 10.2 Å². The Kier molecular flexibility index (Phi) is 4.59. The van der Waals surface area contributed by atoms with Crippen molar-refractivity contribution in [3.05, 3.63) is 0 Å². The summed E-state index contributed by atoms with van der Waals surface area (Å²) in [5.41, 5.74) is 5.72. The van der Waals surface area contributed by atoms with Crippen LogP contribution in [0.1, 0.15) is 19.8 Å². The van der Waals surface area contributed by atoms with Gasteiger partial charge in [0.2, 0.25) is 0 Å². The van der Waals surface area contributed by atoms with Crippen LogP contribution in [0.4, 0.5) is 0 Å². The molecule has 2 atom stereocenters. The topological polar surface area (TPSA) is 66.6 Å². The van der Waals surface area contributed by atoms with Crippen LogP contribution in [0.5, 0.6) is 0 Å². The minimum Gasteiger partial charge on any atom is -0.326 e. The molecule has 96 valence electrons. The van der Waals surface area contributed by atoms with Gasteiger partial charge in [-0.05, 0) is 18.8 Å². The first kappa shape index (κ1) is 14.2. The molecule has 0 spiro atoms. The highest BCUT2D eigenvalue weighted by molar-refractivity contribution is 7.86. The Hall–Kier alpha value is 0.120. The van der Waals surface area contributed by atoms with E-state index in [1.807, 2.05) is 0 Å². The Morgan fingerprint density at radius 2 is 1.69 bits per heavy atom. The Balaban J connectivity index is 0.00000128. The summed E-state index contributed by atoms with van der Waals surface area (Å²) in [5, 5.41) is 0. The van der Waals surface area contributed by atoms with Crippen molar-refractivity contribution in [1.82, 2.24) is 8.61 Å². The third-order valence-electron chi connectivity index (χ3n) is 3.23. The molecule has 2 fully saturated rings. The Morgan fingerprint density at radius 1 is 1.12 bits per heavy atom. The normalized spacial score (nSPS) is 32.9. The van der Waals surface area contributed by atoms with E-state index in [1.165, 1.54) is 4.31 Å². The zero-order valence-electron chi connectivity index (χ0n) is 9.50. The molecule has 0 aromatic rings. The maximum absolute atomic E-state index is 12.1. The van der Waals surface area contributed by atoms with Gasteiger partial charge < -0.3 is 5.73 Å². The lowest BCUT2D eigenvalue weighted by molar-refractivity contribution is 0.389. The van der Waals surface area contributed by atoms with Crippen LogP contribution in [0.3, 0.4) is 0 Å². The minimum absolute atomic E-state index is 0. The van der Waals surface area contributed by atoms with Gasteiger partial charge in [0.25, 0.3) is 10.2 Å². The lowest BCUT2D eigenvalue weighted by atomic mass is 10.2. The fourth-order valence-electron chi connectivity index (χ4n) is 2.23. The van der Waals surface area contributed by atoms with Gasteiger partial charge in [-0.1, -0.05) is 6.92 Å². The van der Waals surface area contributed by atoms with Crippen LogP contribution in [0, 0.1) is 5.92 Å². The molecule has 0 aliphatic carbocycles. The van der Waals surface area contributed by atoms with Gasteiger partial charge in [-0.25, -0.2) is 0 Å². The van der Waals surface area contributed by atoms with Gasteiger partial charge in [0, 0.05) is 32.2 Å². The summed E-state index contributed by atoms with van der Waals surface area (Å²) in [6.45, 7) is 4.47. The maximum Gasteiger partial charge on any atom is 0.282 e. The second-order valence-electron chi connectivity index (χ2n) is 4.67. The van der Waals surface area contributed by atoms with Gasteiger partial charge in [-0.3, -0.25) is 0 Å². The molecular weight excluding hydrogens is 250 g/mol.